The number of hydrogen-bond acceptors (Lipinski definition) is 4. The van der Waals surface area contributed by atoms with E-state index in [0.717, 1.165) is 0 Å². The number of amides is 1. The van der Waals surface area contributed by atoms with Crippen LogP contribution in [0.5, 0.6) is 5.75 Å². The van der Waals surface area contributed by atoms with Gasteiger partial charge in [-0.25, -0.2) is 4.98 Å². The molecule has 2 N–H and O–H groups in total. The predicted octanol–water partition coefficient (Wildman–Crippen LogP) is 3.04. The molecule has 1 aromatic heterocycles. The van der Waals surface area contributed by atoms with Gasteiger partial charge in [0.1, 0.15) is 11.6 Å². The van der Waals surface area contributed by atoms with Gasteiger partial charge in [0.15, 0.2) is 0 Å². The van der Waals surface area contributed by atoms with E-state index in [0.29, 0.717) is 27.8 Å². The molecule has 6 heteroatoms. The number of hydrogen-bond donors (Lipinski definition) is 2. The van der Waals surface area contributed by atoms with Gasteiger partial charge in [0.2, 0.25) is 0 Å². The summed E-state index contributed by atoms with van der Waals surface area (Å²) < 4.78 is 5.18. The molecule has 0 saturated carbocycles. The van der Waals surface area contributed by atoms with Crippen LogP contribution in [0.4, 0.5) is 11.5 Å². The van der Waals surface area contributed by atoms with Crippen LogP contribution in [0.25, 0.3) is 0 Å². The van der Waals surface area contributed by atoms with Crippen molar-refractivity contribution < 1.29 is 9.53 Å². The average Bonchev–Trinajstić information content (AvgIpc) is 2.47. The fourth-order valence-corrected chi connectivity index (χ4v) is 1.85. The van der Waals surface area contributed by atoms with E-state index in [2.05, 4.69) is 15.6 Å². The van der Waals surface area contributed by atoms with Gasteiger partial charge >= 0.3 is 0 Å². The molecule has 1 heterocycles. The lowest BCUT2D eigenvalue weighted by Crippen LogP contribution is -2.13. The van der Waals surface area contributed by atoms with Crippen LogP contribution in [0.1, 0.15) is 10.4 Å². The fraction of sp³-hybridized carbons (Fsp3) is 0.143. The number of rotatable bonds is 4. The molecule has 2 aromatic rings. The zero-order valence-electron chi connectivity index (χ0n) is 11.1. The van der Waals surface area contributed by atoms with Crippen molar-refractivity contribution in [3.8, 4) is 5.75 Å². The Bertz CT molecular complexity index is 632. The molecule has 0 unspecified atom stereocenters. The first-order valence-corrected chi connectivity index (χ1v) is 6.30. The third-order valence-corrected chi connectivity index (χ3v) is 2.92. The molecule has 0 aliphatic carbocycles. The van der Waals surface area contributed by atoms with E-state index in [-0.39, 0.29) is 5.91 Å². The molecule has 0 saturated heterocycles. The molecule has 20 heavy (non-hydrogen) atoms. The Morgan fingerprint density at radius 2 is 2.10 bits per heavy atom. The topological polar surface area (TPSA) is 63.2 Å². The standard InChI is InChI=1S/C14H14ClN3O2/c1-16-13-7-9(5-6-17-13)14(19)18-11-8-10(15)3-4-12(11)20-2/h3-8H,1-2H3,(H,16,17)(H,18,19). The number of halogens is 1. The summed E-state index contributed by atoms with van der Waals surface area (Å²) in [5, 5.41) is 6.17. The van der Waals surface area contributed by atoms with Crippen LogP contribution in [0.2, 0.25) is 5.02 Å². The van der Waals surface area contributed by atoms with Gasteiger partial charge in [0.25, 0.3) is 5.91 Å². The van der Waals surface area contributed by atoms with Crippen LogP contribution < -0.4 is 15.4 Å². The molecule has 0 radical (unpaired) electrons. The van der Waals surface area contributed by atoms with E-state index in [1.165, 1.54) is 7.11 Å². The van der Waals surface area contributed by atoms with Gasteiger partial charge in [-0.3, -0.25) is 4.79 Å². The first-order chi connectivity index (χ1) is 9.63. The Morgan fingerprint density at radius 3 is 2.80 bits per heavy atom. The lowest BCUT2D eigenvalue weighted by atomic mass is 10.2. The molecule has 0 fully saturated rings. The maximum atomic E-state index is 12.2. The second kappa shape index (κ2) is 6.25. The first kappa shape index (κ1) is 14.1. The van der Waals surface area contributed by atoms with Gasteiger partial charge in [-0.1, -0.05) is 11.6 Å². The second-order valence-electron chi connectivity index (χ2n) is 3.98. The van der Waals surface area contributed by atoms with E-state index < -0.39 is 0 Å². The summed E-state index contributed by atoms with van der Waals surface area (Å²) in [6.07, 6.45) is 1.57. The number of benzene rings is 1. The Kier molecular flexibility index (Phi) is 4.42. The second-order valence-corrected chi connectivity index (χ2v) is 4.41. The lowest BCUT2D eigenvalue weighted by Gasteiger charge is -2.11. The highest BCUT2D eigenvalue weighted by Crippen LogP contribution is 2.28. The van der Waals surface area contributed by atoms with Crippen molar-refractivity contribution in [3.05, 3.63) is 47.1 Å². The van der Waals surface area contributed by atoms with E-state index >= 15 is 0 Å². The van der Waals surface area contributed by atoms with E-state index in [1.54, 1.807) is 43.6 Å². The van der Waals surface area contributed by atoms with Crippen molar-refractivity contribution >= 4 is 29.0 Å². The molecule has 5 nitrogen and oxygen atoms in total. The van der Waals surface area contributed by atoms with Crippen LogP contribution in [0.3, 0.4) is 0 Å². The molecule has 1 amide bonds. The number of methoxy groups -OCH3 is 1. The summed E-state index contributed by atoms with van der Waals surface area (Å²) in [5.74, 6) is 0.908. The van der Waals surface area contributed by atoms with Gasteiger partial charge in [0, 0.05) is 23.8 Å². The molecule has 0 bridgehead atoms. The Balaban J connectivity index is 2.25. The minimum absolute atomic E-state index is 0.260. The molecule has 0 aliphatic heterocycles. The highest BCUT2D eigenvalue weighted by atomic mass is 35.5. The molecule has 0 atom stereocenters. The summed E-state index contributed by atoms with van der Waals surface area (Å²) in [5.41, 5.74) is 1.01. The Labute approximate surface area is 121 Å². The van der Waals surface area contributed by atoms with Crippen molar-refractivity contribution in [3.63, 3.8) is 0 Å². The number of aromatic nitrogens is 1. The summed E-state index contributed by atoms with van der Waals surface area (Å²) >= 11 is 5.92. The summed E-state index contributed by atoms with van der Waals surface area (Å²) in [6.45, 7) is 0. The van der Waals surface area contributed by atoms with Crippen LogP contribution in [-0.2, 0) is 0 Å². The normalized spacial score (nSPS) is 9.95. The maximum absolute atomic E-state index is 12.2. The summed E-state index contributed by atoms with van der Waals surface area (Å²) in [6, 6.07) is 8.32. The van der Waals surface area contributed by atoms with E-state index in [4.69, 9.17) is 16.3 Å². The van der Waals surface area contributed by atoms with Crippen molar-refractivity contribution in [1.82, 2.24) is 4.98 Å². The van der Waals surface area contributed by atoms with Crippen LogP contribution in [0.15, 0.2) is 36.5 Å². The van der Waals surface area contributed by atoms with Crippen molar-refractivity contribution in [2.24, 2.45) is 0 Å². The summed E-state index contributed by atoms with van der Waals surface area (Å²) in [7, 11) is 3.27. The number of nitrogens with one attached hydrogen (secondary N) is 2. The molecule has 0 aliphatic rings. The minimum Gasteiger partial charge on any atom is -0.495 e. The molecule has 104 valence electrons. The molecule has 2 rings (SSSR count). The average molecular weight is 292 g/mol. The number of anilines is 2. The van der Waals surface area contributed by atoms with Gasteiger partial charge in [-0.15, -0.1) is 0 Å². The Morgan fingerprint density at radius 1 is 1.30 bits per heavy atom. The van der Waals surface area contributed by atoms with Crippen LogP contribution in [-0.4, -0.2) is 25.0 Å². The van der Waals surface area contributed by atoms with Crippen LogP contribution in [0, 0.1) is 0 Å². The van der Waals surface area contributed by atoms with Crippen molar-refractivity contribution in [2.75, 3.05) is 24.8 Å². The number of carbonyl (C=O) groups excluding carboxylic acids is 1. The molecule has 1 aromatic carbocycles. The third-order valence-electron chi connectivity index (χ3n) is 2.69. The van der Waals surface area contributed by atoms with Gasteiger partial charge in [0.05, 0.1) is 12.8 Å². The zero-order chi connectivity index (χ0) is 14.5. The van der Waals surface area contributed by atoms with Gasteiger partial charge < -0.3 is 15.4 Å². The highest BCUT2D eigenvalue weighted by Gasteiger charge is 2.11. The largest absolute Gasteiger partial charge is 0.495 e. The maximum Gasteiger partial charge on any atom is 0.255 e. The highest BCUT2D eigenvalue weighted by molar-refractivity contribution is 6.31. The van der Waals surface area contributed by atoms with Gasteiger partial charge in [-0.2, -0.15) is 0 Å². The molecule has 0 spiro atoms. The van der Waals surface area contributed by atoms with Crippen LogP contribution >= 0.6 is 11.6 Å². The first-order valence-electron chi connectivity index (χ1n) is 5.92. The minimum atomic E-state index is -0.260. The Hall–Kier alpha value is -2.27. The SMILES string of the molecule is CNc1cc(C(=O)Nc2cc(Cl)ccc2OC)ccn1. The summed E-state index contributed by atoms with van der Waals surface area (Å²) in [4.78, 5) is 16.3. The number of nitrogens with zero attached hydrogens (tertiary/aromatic N) is 1. The quantitative estimate of drug-likeness (QED) is 0.909. The van der Waals surface area contributed by atoms with Crippen molar-refractivity contribution in [1.29, 1.82) is 0 Å². The van der Waals surface area contributed by atoms with Gasteiger partial charge in [-0.05, 0) is 30.3 Å². The fourth-order valence-electron chi connectivity index (χ4n) is 1.68. The predicted molar refractivity (Wildman–Crippen MR) is 79.7 cm³/mol. The third kappa shape index (κ3) is 3.19. The number of carbonyl (C=O) groups is 1. The number of pyridine rings is 1. The van der Waals surface area contributed by atoms with E-state index in [1.807, 2.05) is 0 Å². The smallest absolute Gasteiger partial charge is 0.255 e. The molecular formula is C14H14ClN3O2. The molecular weight excluding hydrogens is 278 g/mol. The monoisotopic (exact) mass is 291 g/mol. The lowest BCUT2D eigenvalue weighted by molar-refractivity contribution is 0.102. The number of ether oxygens (including phenoxy) is 1. The zero-order valence-corrected chi connectivity index (χ0v) is 11.9. The van der Waals surface area contributed by atoms with Crippen molar-refractivity contribution in [2.45, 2.75) is 0 Å². The van der Waals surface area contributed by atoms with E-state index in [9.17, 15) is 4.79 Å².